The van der Waals surface area contributed by atoms with Crippen LogP contribution in [0.3, 0.4) is 0 Å². The molecule has 4 nitrogen and oxygen atoms in total. The monoisotopic (exact) mass is 482 g/mol. The molecule has 33 heavy (non-hydrogen) atoms. The first-order valence-corrected chi connectivity index (χ1v) is 13.9. The van der Waals surface area contributed by atoms with E-state index < -0.39 is 19.2 Å². The maximum absolute atomic E-state index is 14.6. The molecule has 0 amide bonds. The van der Waals surface area contributed by atoms with E-state index in [1.807, 2.05) is 13.0 Å². The van der Waals surface area contributed by atoms with Crippen molar-refractivity contribution in [3.63, 3.8) is 0 Å². The quantitative estimate of drug-likeness (QED) is 0.190. The minimum Gasteiger partial charge on any atom is -0.493 e. The van der Waals surface area contributed by atoms with Gasteiger partial charge in [-0.3, -0.25) is 4.57 Å². The molecule has 7 heteroatoms. The minimum atomic E-state index is -3.84. The lowest BCUT2D eigenvalue weighted by Gasteiger charge is -2.10. The highest BCUT2D eigenvalue weighted by molar-refractivity contribution is 7.51. The van der Waals surface area contributed by atoms with E-state index in [2.05, 4.69) is 0 Å². The van der Waals surface area contributed by atoms with Gasteiger partial charge in [-0.05, 0) is 43.0 Å². The summed E-state index contributed by atoms with van der Waals surface area (Å²) in [5.74, 6) is -0.445. The van der Waals surface area contributed by atoms with Gasteiger partial charge in [0.25, 0.3) is 0 Å². The summed E-state index contributed by atoms with van der Waals surface area (Å²) >= 11 is 0. The van der Waals surface area contributed by atoms with Crippen molar-refractivity contribution < 1.29 is 27.9 Å². The van der Waals surface area contributed by atoms with Crippen molar-refractivity contribution >= 4 is 7.60 Å². The Morgan fingerprint density at radius 3 is 1.88 bits per heavy atom. The zero-order chi connectivity index (χ0) is 24.1. The van der Waals surface area contributed by atoms with Crippen molar-refractivity contribution in [3.05, 3.63) is 53.6 Å². The van der Waals surface area contributed by atoms with Crippen LogP contribution in [0.5, 0.6) is 5.75 Å². The normalized spacial score (nSPS) is 11.7. The van der Waals surface area contributed by atoms with Crippen LogP contribution in [-0.2, 0) is 11.0 Å². The summed E-state index contributed by atoms with van der Waals surface area (Å²) in [5.41, 5.74) is 1.42. The van der Waals surface area contributed by atoms with Gasteiger partial charge in [-0.1, -0.05) is 70.4 Å². The molecule has 0 saturated carbocycles. The molecule has 2 aromatic carbocycles. The van der Waals surface area contributed by atoms with Gasteiger partial charge in [0.2, 0.25) is 0 Å². The van der Waals surface area contributed by atoms with Crippen molar-refractivity contribution in [1.82, 2.24) is 0 Å². The highest BCUT2D eigenvalue weighted by Gasteiger charge is 2.12. The third-order valence-electron chi connectivity index (χ3n) is 5.67. The van der Waals surface area contributed by atoms with E-state index in [4.69, 9.17) is 14.5 Å². The fourth-order valence-corrected chi connectivity index (χ4v) is 4.51. The number of rotatable bonds is 16. The van der Waals surface area contributed by atoms with Crippen LogP contribution in [0.1, 0.15) is 76.7 Å². The van der Waals surface area contributed by atoms with E-state index in [9.17, 15) is 13.3 Å². The Morgan fingerprint density at radius 2 is 1.33 bits per heavy atom. The number of hydrogen-bond donors (Lipinski definition) is 2. The third kappa shape index (κ3) is 10.8. The van der Waals surface area contributed by atoms with Crippen LogP contribution in [-0.4, -0.2) is 22.6 Å². The average Bonchev–Trinajstić information content (AvgIpc) is 2.75. The first kappa shape index (κ1) is 27.5. The van der Waals surface area contributed by atoms with Crippen LogP contribution in [0.25, 0.3) is 11.1 Å². The van der Waals surface area contributed by atoms with E-state index in [1.54, 1.807) is 18.2 Å². The van der Waals surface area contributed by atoms with Crippen LogP contribution in [0, 0.1) is 11.6 Å². The Morgan fingerprint density at radius 1 is 0.788 bits per heavy atom. The number of unbranched alkanes of at least 4 members (excludes halogenated alkanes) is 8. The SMILES string of the molecule is CCCc1ccc(-c2ccc(OCCCCCCCCCCCP(=O)(O)O)cc2F)c(F)c1. The summed E-state index contributed by atoms with van der Waals surface area (Å²) in [7, 11) is -3.84. The van der Waals surface area contributed by atoms with E-state index in [0.29, 0.717) is 18.8 Å². The van der Waals surface area contributed by atoms with Gasteiger partial charge in [-0.15, -0.1) is 0 Å². The molecule has 0 heterocycles. The molecule has 0 fully saturated rings. The molecule has 0 unspecified atom stereocenters. The van der Waals surface area contributed by atoms with Crippen LogP contribution in [0.2, 0.25) is 0 Å². The summed E-state index contributed by atoms with van der Waals surface area (Å²) in [6.45, 7) is 2.55. The molecule has 0 aliphatic heterocycles. The Hall–Kier alpha value is -1.75. The first-order valence-electron chi connectivity index (χ1n) is 12.1. The summed E-state index contributed by atoms with van der Waals surface area (Å²) in [6, 6.07) is 9.54. The van der Waals surface area contributed by atoms with Gasteiger partial charge in [-0.2, -0.15) is 0 Å². The van der Waals surface area contributed by atoms with Gasteiger partial charge in [0, 0.05) is 23.4 Å². The lowest BCUT2D eigenvalue weighted by atomic mass is 10.0. The summed E-state index contributed by atoms with van der Waals surface area (Å²) in [6.07, 6.45) is 10.6. The van der Waals surface area contributed by atoms with Gasteiger partial charge in [0.05, 0.1) is 6.61 Å². The van der Waals surface area contributed by atoms with E-state index >= 15 is 0 Å². The molecule has 0 saturated heterocycles. The van der Waals surface area contributed by atoms with Gasteiger partial charge < -0.3 is 14.5 Å². The molecule has 0 aliphatic rings. The largest absolute Gasteiger partial charge is 0.493 e. The topological polar surface area (TPSA) is 66.8 Å². The zero-order valence-corrected chi connectivity index (χ0v) is 20.5. The number of aryl methyl sites for hydroxylation is 1. The van der Waals surface area contributed by atoms with Gasteiger partial charge in [0.15, 0.2) is 0 Å². The van der Waals surface area contributed by atoms with E-state index in [0.717, 1.165) is 69.8 Å². The third-order valence-corrected chi connectivity index (χ3v) is 6.56. The van der Waals surface area contributed by atoms with Crippen LogP contribution < -0.4 is 4.74 Å². The molecule has 2 rings (SSSR count). The Bertz CT molecular complexity index is 898. The van der Waals surface area contributed by atoms with Gasteiger partial charge in [0.1, 0.15) is 17.4 Å². The number of halogens is 2. The van der Waals surface area contributed by atoms with Crippen molar-refractivity contribution in [2.75, 3.05) is 12.8 Å². The molecule has 0 bridgehead atoms. The minimum absolute atomic E-state index is 0.0113. The highest BCUT2D eigenvalue weighted by Crippen LogP contribution is 2.35. The Labute approximate surface area is 196 Å². The number of ether oxygens (including phenoxy) is 1. The molecule has 184 valence electrons. The highest BCUT2D eigenvalue weighted by atomic mass is 31.2. The predicted molar refractivity (Wildman–Crippen MR) is 130 cm³/mol. The van der Waals surface area contributed by atoms with Gasteiger partial charge in [-0.25, -0.2) is 8.78 Å². The lowest BCUT2D eigenvalue weighted by molar-refractivity contribution is 0.303. The van der Waals surface area contributed by atoms with E-state index in [-0.39, 0.29) is 17.3 Å². The second-order valence-corrected chi connectivity index (χ2v) is 10.4. The van der Waals surface area contributed by atoms with Crippen molar-refractivity contribution in [1.29, 1.82) is 0 Å². The molecule has 0 spiro atoms. The second-order valence-electron chi connectivity index (χ2n) is 8.62. The molecule has 0 aromatic heterocycles. The van der Waals surface area contributed by atoms with Crippen LogP contribution in [0.4, 0.5) is 8.78 Å². The maximum Gasteiger partial charge on any atom is 0.325 e. The van der Waals surface area contributed by atoms with E-state index in [1.165, 1.54) is 12.1 Å². The Kier molecular flexibility index (Phi) is 12.1. The fourth-order valence-electron chi connectivity index (χ4n) is 3.87. The lowest BCUT2D eigenvalue weighted by Crippen LogP contribution is -1.98. The molecule has 2 N–H and O–H groups in total. The van der Waals surface area contributed by atoms with Crippen LogP contribution in [0.15, 0.2) is 36.4 Å². The first-order chi connectivity index (χ1) is 15.8. The molecule has 2 aromatic rings. The Balaban J connectivity index is 1.62. The predicted octanol–water partition coefficient (Wildman–Crippen LogP) is 7.65. The molecular weight excluding hydrogens is 445 g/mol. The molecule has 0 radical (unpaired) electrons. The molecule has 0 atom stereocenters. The fraction of sp³-hybridized carbons (Fsp3) is 0.538. The number of hydrogen-bond acceptors (Lipinski definition) is 2. The van der Waals surface area contributed by atoms with Crippen molar-refractivity contribution in [2.24, 2.45) is 0 Å². The molecule has 0 aliphatic carbocycles. The molecular formula is C26H37F2O4P. The smallest absolute Gasteiger partial charge is 0.325 e. The maximum atomic E-state index is 14.6. The van der Waals surface area contributed by atoms with Crippen LogP contribution >= 0.6 is 7.60 Å². The number of benzene rings is 2. The van der Waals surface area contributed by atoms with Crippen molar-refractivity contribution in [2.45, 2.75) is 77.6 Å². The second kappa shape index (κ2) is 14.5. The standard InChI is InChI=1S/C26H37F2O4P/c1-2-12-21-13-15-23(25(27)19-21)24-16-14-22(20-26(24)28)32-17-10-8-6-4-3-5-7-9-11-18-33(29,30)31/h13-16,19-20H,2-12,17-18H2,1H3,(H2,29,30,31). The average molecular weight is 483 g/mol. The summed E-state index contributed by atoms with van der Waals surface area (Å²) in [4.78, 5) is 17.6. The summed E-state index contributed by atoms with van der Waals surface area (Å²) in [5, 5.41) is 0. The van der Waals surface area contributed by atoms with Gasteiger partial charge >= 0.3 is 7.60 Å². The summed E-state index contributed by atoms with van der Waals surface area (Å²) < 4.78 is 45.4. The zero-order valence-electron chi connectivity index (χ0n) is 19.6. The van der Waals surface area contributed by atoms with Crippen molar-refractivity contribution in [3.8, 4) is 16.9 Å².